The molecule has 1 saturated heterocycles. The standard InChI is InChI=1S/C27H34O13/c1-12-18-19(24(20(12)30)39-17(29)9-6-13-4-7-14(35-2)8-5-13)15(25(34)36-3)11-37-26(18)40-27-23(33)22(32)21(31)16(10-28)38-27/h4-9,11-12,16,18-24,26-28,30-33H,10H2,1-3H3/t12-,16+,18-,19-,20-,21+,22-,23+,24+,26+,27-/m1/s1. The first-order valence-electron chi connectivity index (χ1n) is 12.7. The van der Waals surface area contributed by atoms with Gasteiger partial charge in [0.1, 0.15) is 36.3 Å². The Kier molecular flexibility index (Phi) is 9.46. The Morgan fingerprint density at radius 3 is 2.30 bits per heavy atom. The Morgan fingerprint density at radius 2 is 1.68 bits per heavy atom. The van der Waals surface area contributed by atoms with Gasteiger partial charge in [0.2, 0.25) is 6.29 Å². The number of ether oxygens (including phenoxy) is 6. The maximum Gasteiger partial charge on any atom is 0.337 e. The molecule has 2 aliphatic heterocycles. The van der Waals surface area contributed by atoms with Gasteiger partial charge < -0.3 is 54.0 Å². The van der Waals surface area contributed by atoms with Crippen LogP contribution >= 0.6 is 0 Å². The molecule has 1 saturated carbocycles. The van der Waals surface area contributed by atoms with E-state index in [4.69, 9.17) is 28.4 Å². The number of aliphatic hydroxyl groups is 5. The average molecular weight is 567 g/mol. The predicted octanol–water partition coefficient (Wildman–Crippen LogP) is -0.907. The van der Waals surface area contributed by atoms with Gasteiger partial charge in [-0.1, -0.05) is 19.1 Å². The van der Waals surface area contributed by atoms with Crippen molar-refractivity contribution in [2.24, 2.45) is 17.8 Å². The van der Waals surface area contributed by atoms with Crippen molar-refractivity contribution in [3.63, 3.8) is 0 Å². The van der Waals surface area contributed by atoms with Crippen LogP contribution in [0.25, 0.3) is 6.08 Å². The largest absolute Gasteiger partial charge is 0.497 e. The van der Waals surface area contributed by atoms with E-state index in [2.05, 4.69) is 0 Å². The number of methoxy groups -OCH3 is 2. The molecule has 0 unspecified atom stereocenters. The second kappa shape index (κ2) is 12.6. The fraction of sp³-hybridized carbons (Fsp3) is 0.556. The first kappa shape index (κ1) is 29.9. The van der Waals surface area contributed by atoms with Crippen molar-refractivity contribution in [1.29, 1.82) is 0 Å². The summed E-state index contributed by atoms with van der Waals surface area (Å²) in [5, 5.41) is 51.2. The van der Waals surface area contributed by atoms with Crippen LogP contribution in [0.2, 0.25) is 0 Å². The van der Waals surface area contributed by atoms with E-state index in [0.29, 0.717) is 11.3 Å². The minimum Gasteiger partial charge on any atom is -0.497 e. The number of aliphatic hydroxyl groups excluding tert-OH is 5. The predicted molar refractivity (Wildman–Crippen MR) is 134 cm³/mol. The van der Waals surface area contributed by atoms with E-state index < -0.39 is 85.5 Å². The summed E-state index contributed by atoms with van der Waals surface area (Å²) in [6, 6.07) is 6.93. The van der Waals surface area contributed by atoms with Crippen LogP contribution in [0.4, 0.5) is 0 Å². The van der Waals surface area contributed by atoms with Crippen molar-refractivity contribution in [1.82, 2.24) is 0 Å². The molecular formula is C27H34O13. The van der Waals surface area contributed by atoms with Gasteiger partial charge >= 0.3 is 11.9 Å². The quantitative estimate of drug-likeness (QED) is 0.192. The molecule has 0 spiro atoms. The van der Waals surface area contributed by atoms with Gasteiger partial charge in [0, 0.05) is 17.9 Å². The minimum atomic E-state index is -1.70. The summed E-state index contributed by atoms with van der Waals surface area (Å²) in [6.45, 7) is 0.989. The average Bonchev–Trinajstić information content (AvgIpc) is 3.21. The highest BCUT2D eigenvalue weighted by molar-refractivity contribution is 5.90. The maximum atomic E-state index is 12.8. The van der Waals surface area contributed by atoms with Crippen LogP contribution in [0.15, 0.2) is 42.2 Å². The molecule has 5 N–H and O–H groups in total. The van der Waals surface area contributed by atoms with Crippen molar-refractivity contribution >= 4 is 18.0 Å². The number of carbonyl (C=O) groups excluding carboxylic acids is 2. The number of esters is 2. The van der Waals surface area contributed by atoms with Gasteiger partial charge in [-0.2, -0.15) is 0 Å². The van der Waals surface area contributed by atoms with Crippen molar-refractivity contribution in [2.75, 3.05) is 20.8 Å². The molecule has 4 rings (SSSR count). The smallest absolute Gasteiger partial charge is 0.337 e. The lowest BCUT2D eigenvalue weighted by Gasteiger charge is -2.43. The number of hydrogen-bond donors (Lipinski definition) is 5. The van der Waals surface area contributed by atoms with E-state index in [0.717, 1.165) is 6.26 Å². The Morgan fingerprint density at radius 1 is 0.975 bits per heavy atom. The highest BCUT2D eigenvalue weighted by atomic mass is 16.8. The van der Waals surface area contributed by atoms with Crippen molar-refractivity contribution in [2.45, 2.75) is 56.1 Å². The fourth-order valence-corrected chi connectivity index (χ4v) is 5.33. The van der Waals surface area contributed by atoms with E-state index in [-0.39, 0.29) is 5.57 Å². The van der Waals surface area contributed by atoms with Gasteiger partial charge in [0.05, 0.1) is 38.8 Å². The zero-order valence-electron chi connectivity index (χ0n) is 22.1. The van der Waals surface area contributed by atoms with Crippen molar-refractivity contribution in [3.05, 3.63) is 47.7 Å². The van der Waals surface area contributed by atoms with E-state index in [1.54, 1.807) is 31.2 Å². The zero-order chi connectivity index (χ0) is 29.1. The molecule has 220 valence electrons. The van der Waals surface area contributed by atoms with Gasteiger partial charge in [-0.15, -0.1) is 0 Å². The summed E-state index contributed by atoms with van der Waals surface area (Å²) in [6.07, 6.45) is -7.64. The Hall–Kier alpha value is -3.04. The third kappa shape index (κ3) is 5.86. The lowest BCUT2D eigenvalue weighted by Crippen LogP contribution is -2.60. The van der Waals surface area contributed by atoms with Gasteiger partial charge in [0.15, 0.2) is 6.29 Å². The molecule has 0 amide bonds. The Bertz CT molecular complexity index is 1100. The van der Waals surface area contributed by atoms with E-state index >= 15 is 0 Å². The van der Waals surface area contributed by atoms with Gasteiger partial charge in [-0.25, -0.2) is 9.59 Å². The molecule has 40 heavy (non-hydrogen) atoms. The molecule has 0 aromatic heterocycles. The highest BCUT2D eigenvalue weighted by Crippen LogP contribution is 2.49. The van der Waals surface area contributed by atoms with Crippen LogP contribution < -0.4 is 4.74 Å². The van der Waals surface area contributed by atoms with E-state index in [1.165, 1.54) is 26.4 Å². The summed E-state index contributed by atoms with van der Waals surface area (Å²) < 4.78 is 32.5. The maximum absolute atomic E-state index is 12.8. The van der Waals surface area contributed by atoms with Crippen LogP contribution in [0.5, 0.6) is 5.75 Å². The topological polar surface area (TPSA) is 191 Å². The van der Waals surface area contributed by atoms with Crippen LogP contribution in [0, 0.1) is 17.8 Å². The molecule has 2 heterocycles. The van der Waals surface area contributed by atoms with Gasteiger partial charge in [-0.3, -0.25) is 0 Å². The number of hydrogen-bond acceptors (Lipinski definition) is 13. The summed E-state index contributed by atoms with van der Waals surface area (Å²) in [5.74, 6) is -3.27. The second-order valence-corrected chi connectivity index (χ2v) is 9.86. The van der Waals surface area contributed by atoms with Crippen molar-refractivity contribution < 1.29 is 63.5 Å². The first-order chi connectivity index (χ1) is 19.1. The fourth-order valence-electron chi connectivity index (χ4n) is 5.33. The normalized spacial score (nSPS) is 37.3. The summed E-state index contributed by atoms with van der Waals surface area (Å²) in [7, 11) is 2.71. The third-order valence-corrected chi connectivity index (χ3v) is 7.57. The van der Waals surface area contributed by atoms with Gasteiger partial charge in [0.25, 0.3) is 0 Å². The monoisotopic (exact) mass is 566 g/mol. The molecule has 3 aliphatic rings. The lowest BCUT2D eigenvalue weighted by atomic mass is 9.82. The van der Waals surface area contributed by atoms with Crippen LogP contribution in [0.1, 0.15) is 12.5 Å². The Labute approximate surface area is 230 Å². The molecule has 0 radical (unpaired) electrons. The molecule has 11 atom stereocenters. The molecule has 0 bridgehead atoms. The lowest BCUT2D eigenvalue weighted by molar-refractivity contribution is -0.343. The third-order valence-electron chi connectivity index (χ3n) is 7.57. The zero-order valence-corrected chi connectivity index (χ0v) is 22.1. The highest BCUT2D eigenvalue weighted by Gasteiger charge is 2.59. The second-order valence-electron chi connectivity index (χ2n) is 9.86. The molecule has 2 fully saturated rings. The van der Waals surface area contributed by atoms with E-state index in [9.17, 15) is 35.1 Å². The molecule has 1 aliphatic carbocycles. The first-order valence-corrected chi connectivity index (χ1v) is 12.7. The number of rotatable bonds is 8. The molecule has 13 heteroatoms. The van der Waals surface area contributed by atoms with Gasteiger partial charge in [-0.05, 0) is 29.7 Å². The molecule has 1 aromatic carbocycles. The van der Waals surface area contributed by atoms with Crippen LogP contribution in [-0.2, 0) is 33.3 Å². The summed E-state index contributed by atoms with van der Waals surface area (Å²) >= 11 is 0. The van der Waals surface area contributed by atoms with Crippen molar-refractivity contribution in [3.8, 4) is 5.75 Å². The SMILES string of the molecule is COC(=O)C1=CO[C@@H](O[C@H]2O[C@@H](CO)[C@H](O)[C@@H](O)[C@@H]2O)[C@@H]2[C@@H](C)[C@@H](O)[C@@H](OC(=O)C=Cc3ccc(OC)cc3)[C@H]12. The molecule has 1 aromatic rings. The molecule has 13 nitrogen and oxygen atoms in total. The van der Waals surface area contributed by atoms with Crippen LogP contribution in [0.3, 0.4) is 0 Å². The number of carbonyl (C=O) groups is 2. The van der Waals surface area contributed by atoms with Crippen LogP contribution in [-0.4, -0.2) is 108 Å². The Balaban J connectivity index is 1.55. The summed E-state index contributed by atoms with van der Waals surface area (Å²) in [4.78, 5) is 25.4. The summed E-state index contributed by atoms with van der Waals surface area (Å²) in [5.41, 5.74) is 0.701. The number of benzene rings is 1. The minimum absolute atomic E-state index is 0.00138. The molecular weight excluding hydrogens is 532 g/mol. The number of fused-ring (bicyclic) bond motifs is 1. The van der Waals surface area contributed by atoms with E-state index in [1.807, 2.05) is 0 Å².